The maximum absolute atomic E-state index is 11.1. The Hall–Kier alpha value is -1.61. The third kappa shape index (κ3) is 6.20. The third-order valence-corrected chi connectivity index (χ3v) is 2.94. The molecule has 1 aromatic rings. The molecule has 0 fully saturated rings. The van der Waals surface area contributed by atoms with Crippen LogP contribution in [0.4, 0.5) is 0 Å². The van der Waals surface area contributed by atoms with E-state index in [0.717, 1.165) is 0 Å². The molecular formula is C16H22O3. The summed E-state index contributed by atoms with van der Waals surface area (Å²) >= 11 is 0. The first-order valence-corrected chi connectivity index (χ1v) is 6.69. The lowest BCUT2D eigenvalue weighted by Gasteiger charge is -2.15. The van der Waals surface area contributed by atoms with E-state index < -0.39 is 6.10 Å². The van der Waals surface area contributed by atoms with E-state index in [1.54, 1.807) is 13.0 Å². The zero-order valence-electron chi connectivity index (χ0n) is 11.6. The molecule has 1 N–H and O–H groups in total. The first kappa shape index (κ1) is 15.4. The van der Waals surface area contributed by atoms with Crippen LogP contribution in [0.25, 0.3) is 0 Å². The quantitative estimate of drug-likeness (QED) is 0.607. The van der Waals surface area contributed by atoms with Crippen LogP contribution in [0.2, 0.25) is 0 Å². The Balaban J connectivity index is 2.35. The minimum absolute atomic E-state index is 0.298. The van der Waals surface area contributed by atoms with Crippen LogP contribution in [0.3, 0.4) is 0 Å². The van der Waals surface area contributed by atoms with Crippen molar-refractivity contribution in [2.75, 3.05) is 6.61 Å². The van der Waals surface area contributed by atoms with E-state index in [2.05, 4.69) is 19.1 Å². The summed E-state index contributed by atoms with van der Waals surface area (Å²) in [4.78, 5) is 11.1. The van der Waals surface area contributed by atoms with Gasteiger partial charge in [0.1, 0.15) is 0 Å². The van der Waals surface area contributed by atoms with E-state index >= 15 is 0 Å². The van der Waals surface area contributed by atoms with Gasteiger partial charge in [-0.2, -0.15) is 0 Å². The van der Waals surface area contributed by atoms with E-state index in [1.165, 1.54) is 11.6 Å². The molecule has 0 aliphatic carbocycles. The van der Waals surface area contributed by atoms with Gasteiger partial charge in [0, 0.05) is 6.08 Å². The summed E-state index contributed by atoms with van der Waals surface area (Å²) in [5.74, 6) is -0.0574. The van der Waals surface area contributed by atoms with Gasteiger partial charge in [0.05, 0.1) is 12.7 Å². The molecule has 0 radical (unpaired) electrons. The van der Waals surface area contributed by atoms with Gasteiger partial charge in [-0.05, 0) is 31.2 Å². The SMILES string of the molecule is CCOC(=O)/C=C/C[C@H](O)C[C@@H](C)c1ccccc1. The molecular weight excluding hydrogens is 240 g/mol. The summed E-state index contributed by atoms with van der Waals surface area (Å²) in [5.41, 5.74) is 1.22. The van der Waals surface area contributed by atoms with Crippen molar-refractivity contribution in [1.82, 2.24) is 0 Å². The minimum atomic E-state index is -0.444. The Bertz CT molecular complexity index is 398. The zero-order chi connectivity index (χ0) is 14.1. The van der Waals surface area contributed by atoms with Crippen molar-refractivity contribution < 1.29 is 14.6 Å². The topological polar surface area (TPSA) is 46.5 Å². The molecule has 0 unspecified atom stereocenters. The van der Waals surface area contributed by atoms with Gasteiger partial charge in [0.25, 0.3) is 0 Å². The molecule has 0 bridgehead atoms. The predicted octanol–water partition coefficient (Wildman–Crippen LogP) is 3.05. The molecule has 104 valence electrons. The second kappa shape index (κ2) is 8.48. The maximum atomic E-state index is 11.1. The minimum Gasteiger partial charge on any atom is -0.463 e. The summed E-state index contributed by atoms with van der Waals surface area (Å²) in [6, 6.07) is 10.1. The average molecular weight is 262 g/mol. The van der Waals surface area contributed by atoms with Crippen LogP contribution in [-0.2, 0) is 9.53 Å². The number of hydrogen-bond acceptors (Lipinski definition) is 3. The highest BCUT2D eigenvalue weighted by Crippen LogP contribution is 2.21. The van der Waals surface area contributed by atoms with E-state index in [4.69, 9.17) is 4.74 Å². The summed E-state index contributed by atoms with van der Waals surface area (Å²) in [5, 5.41) is 9.92. The van der Waals surface area contributed by atoms with Gasteiger partial charge in [0.15, 0.2) is 0 Å². The van der Waals surface area contributed by atoms with Crippen LogP contribution in [-0.4, -0.2) is 23.8 Å². The molecule has 0 amide bonds. The lowest BCUT2D eigenvalue weighted by atomic mass is 9.94. The monoisotopic (exact) mass is 262 g/mol. The van der Waals surface area contributed by atoms with Crippen LogP contribution in [0.15, 0.2) is 42.5 Å². The Morgan fingerprint density at radius 2 is 2.05 bits per heavy atom. The van der Waals surface area contributed by atoms with Gasteiger partial charge in [-0.3, -0.25) is 0 Å². The lowest BCUT2D eigenvalue weighted by Crippen LogP contribution is -2.10. The predicted molar refractivity (Wildman–Crippen MR) is 75.9 cm³/mol. The number of benzene rings is 1. The van der Waals surface area contributed by atoms with E-state index in [0.29, 0.717) is 25.4 Å². The first-order chi connectivity index (χ1) is 9.13. The number of carbonyl (C=O) groups is 1. The van der Waals surface area contributed by atoms with Crippen LogP contribution in [0, 0.1) is 0 Å². The fraction of sp³-hybridized carbons (Fsp3) is 0.438. The number of esters is 1. The van der Waals surface area contributed by atoms with E-state index in [1.807, 2.05) is 18.2 Å². The number of aliphatic hydroxyl groups excluding tert-OH is 1. The standard InChI is InChI=1S/C16H22O3/c1-3-19-16(18)11-7-10-15(17)12-13(2)14-8-5-4-6-9-14/h4-9,11,13,15,17H,3,10,12H2,1-2H3/b11-7+/t13-,15+/m1/s1. The molecule has 0 aliphatic rings. The van der Waals surface area contributed by atoms with Gasteiger partial charge in [-0.15, -0.1) is 0 Å². The highest BCUT2D eigenvalue weighted by atomic mass is 16.5. The highest BCUT2D eigenvalue weighted by Gasteiger charge is 2.10. The van der Waals surface area contributed by atoms with Crippen molar-refractivity contribution in [2.24, 2.45) is 0 Å². The van der Waals surface area contributed by atoms with Gasteiger partial charge in [-0.1, -0.05) is 43.3 Å². The second-order valence-electron chi connectivity index (χ2n) is 4.59. The number of ether oxygens (including phenoxy) is 1. The molecule has 3 nitrogen and oxygen atoms in total. The molecule has 1 aromatic carbocycles. The third-order valence-electron chi connectivity index (χ3n) is 2.94. The Kier molecular flexibility index (Phi) is 6.90. The summed E-state index contributed by atoms with van der Waals surface area (Å²) in [7, 11) is 0. The molecule has 0 aromatic heterocycles. The zero-order valence-corrected chi connectivity index (χ0v) is 11.6. The molecule has 0 saturated heterocycles. The molecule has 1 rings (SSSR count). The molecule has 0 saturated carbocycles. The largest absolute Gasteiger partial charge is 0.463 e. The maximum Gasteiger partial charge on any atom is 0.330 e. The Morgan fingerprint density at radius 1 is 1.37 bits per heavy atom. The second-order valence-corrected chi connectivity index (χ2v) is 4.59. The van der Waals surface area contributed by atoms with E-state index in [-0.39, 0.29) is 5.97 Å². The van der Waals surface area contributed by atoms with Crippen LogP contribution in [0.5, 0.6) is 0 Å². The van der Waals surface area contributed by atoms with Crippen LogP contribution < -0.4 is 0 Å². The van der Waals surface area contributed by atoms with Gasteiger partial charge in [0.2, 0.25) is 0 Å². The van der Waals surface area contributed by atoms with Crippen LogP contribution >= 0.6 is 0 Å². The Morgan fingerprint density at radius 3 is 2.68 bits per heavy atom. The normalized spacial score (nSPS) is 14.3. The van der Waals surface area contributed by atoms with Crippen molar-refractivity contribution in [3.05, 3.63) is 48.0 Å². The van der Waals surface area contributed by atoms with Crippen LogP contribution in [0.1, 0.15) is 38.2 Å². The highest BCUT2D eigenvalue weighted by molar-refractivity contribution is 5.81. The molecule has 0 spiro atoms. The van der Waals surface area contributed by atoms with Crippen molar-refractivity contribution in [2.45, 2.75) is 38.7 Å². The summed E-state index contributed by atoms with van der Waals surface area (Å²) in [6.07, 6.45) is 3.74. The molecule has 2 atom stereocenters. The number of rotatable bonds is 7. The number of hydrogen-bond donors (Lipinski definition) is 1. The lowest BCUT2D eigenvalue weighted by molar-refractivity contribution is -0.137. The average Bonchev–Trinajstić information content (AvgIpc) is 2.40. The van der Waals surface area contributed by atoms with Crippen molar-refractivity contribution >= 4 is 5.97 Å². The number of aliphatic hydroxyl groups is 1. The first-order valence-electron chi connectivity index (χ1n) is 6.69. The van der Waals surface area contributed by atoms with Crippen molar-refractivity contribution in [1.29, 1.82) is 0 Å². The van der Waals surface area contributed by atoms with Crippen molar-refractivity contribution in [3.63, 3.8) is 0 Å². The molecule has 19 heavy (non-hydrogen) atoms. The molecule has 0 heterocycles. The van der Waals surface area contributed by atoms with Gasteiger partial charge in [-0.25, -0.2) is 4.79 Å². The van der Waals surface area contributed by atoms with Gasteiger partial charge >= 0.3 is 5.97 Å². The van der Waals surface area contributed by atoms with Crippen molar-refractivity contribution in [3.8, 4) is 0 Å². The smallest absolute Gasteiger partial charge is 0.330 e. The van der Waals surface area contributed by atoms with E-state index in [9.17, 15) is 9.90 Å². The summed E-state index contributed by atoms with van der Waals surface area (Å²) in [6.45, 7) is 4.23. The Labute approximate surface area is 114 Å². The fourth-order valence-electron chi connectivity index (χ4n) is 1.93. The van der Waals surface area contributed by atoms with Gasteiger partial charge < -0.3 is 9.84 Å². The summed E-state index contributed by atoms with van der Waals surface area (Å²) < 4.78 is 4.77. The molecule has 0 aliphatic heterocycles. The fourth-order valence-corrected chi connectivity index (χ4v) is 1.93. The number of carbonyl (C=O) groups excluding carboxylic acids is 1. The molecule has 3 heteroatoms.